The van der Waals surface area contributed by atoms with E-state index in [1.54, 1.807) is 0 Å². The molecular formula is C34H36N2O4. The Morgan fingerprint density at radius 3 is 1.18 bits per heavy atom. The molecule has 0 saturated carbocycles. The zero-order chi connectivity index (χ0) is 27.9. The van der Waals surface area contributed by atoms with Crippen LogP contribution in [0.4, 0.5) is 0 Å². The third kappa shape index (κ3) is 5.76. The zero-order valence-electron chi connectivity index (χ0n) is 23.6. The van der Waals surface area contributed by atoms with Gasteiger partial charge < -0.3 is 18.9 Å². The number of hydrogen-bond donors (Lipinski definition) is 0. The monoisotopic (exact) mass is 536 g/mol. The fourth-order valence-electron chi connectivity index (χ4n) is 5.01. The summed E-state index contributed by atoms with van der Waals surface area (Å²) in [6.07, 6.45) is -1.18. The molecule has 0 N–H and O–H groups in total. The number of benzene rings is 3. The maximum absolute atomic E-state index is 5.99. The predicted molar refractivity (Wildman–Crippen MR) is 160 cm³/mol. The largest absolute Gasteiger partial charge is 0.347 e. The number of aromatic nitrogens is 2. The molecule has 0 aliphatic carbocycles. The predicted octanol–water partition coefficient (Wildman–Crippen LogP) is 8.26. The third-order valence-electron chi connectivity index (χ3n) is 6.72. The number of hydrogen-bond acceptors (Lipinski definition) is 6. The van der Waals surface area contributed by atoms with E-state index >= 15 is 0 Å². The van der Waals surface area contributed by atoms with Crippen LogP contribution in [0.1, 0.15) is 51.7 Å². The summed E-state index contributed by atoms with van der Waals surface area (Å²) in [5.41, 5.74) is 7.25. The molecule has 0 bridgehead atoms. The lowest BCUT2D eigenvalue weighted by Gasteiger charge is -2.21. The van der Waals surface area contributed by atoms with E-state index in [0.717, 1.165) is 44.1 Å². The van der Waals surface area contributed by atoms with Gasteiger partial charge in [0, 0.05) is 37.2 Å². The van der Waals surface area contributed by atoms with Crippen molar-refractivity contribution >= 4 is 21.8 Å². The van der Waals surface area contributed by atoms with Gasteiger partial charge in [-0.05, 0) is 62.1 Å². The lowest BCUT2D eigenvalue weighted by Crippen LogP contribution is -2.12. The fraction of sp³-hybridized carbons (Fsp3) is 0.294. The molecule has 0 fully saturated rings. The van der Waals surface area contributed by atoms with E-state index in [1.165, 1.54) is 0 Å². The van der Waals surface area contributed by atoms with Crippen molar-refractivity contribution in [1.82, 2.24) is 9.97 Å². The third-order valence-corrected chi connectivity index (χ3v) is 6.72. The minimum Gasteiger partial charge on any atom is -0.347 e. The van der Waals surface area contributed by atoms with E-state index in [-0.39, 0.29) is 0 Å². The summed E-state index contributed by atoms with van der Waals surface area (Å²) in [5.74, 6) is 0. The summed E-state index contributed by atoms with van der Waals surface area (Å²) in [4.78, 5) is 10.3. The smallest absolute Gasteiger partial charge is 0.201 e. The molecule has 0 amide bonds. The van der Waals surface area contributed by atoms with Crippen molar-refractivity contribution in [3.63, 3.8) is 0 Å². The van der Waals surface area contributed by atoms with Gasteiger partial charge in [-0.25, -0.2) is 9.97 Å². The van der Waals surface area contributed by atoms with Crippen LogP contribution in [0, 0.1) is 0 Å². The standard InChI is InChI=1S/C34H36N2O4/c1-5-37-33(38-6-2)29-21-27(23-15-11-9-12-16-23)25-19-20-26-28(24-17-13-10-14-18-24)22-30(34(39-7-3)40-8-4)36-32(26)31(25)35-29/h9-22,33-34H,5-8H2,1-4H3. The first-order valence-corrected chi connectivity index (χ1v) is 14.0. The molecule has 2 heterocycles. The molecule has 0 radical (unpaired) electrons. The van der Waals surface area contributed by atoms with E-state index < -0.39 is 12.6 Å². The van der Waals surface area contributed by atoms with Gasteiger partial charge in [-0.2, -0.15) is 0 Å². The summed E-state index contributed by atoms with van der Waals surface area (Å²) in [5, 5.41) is 2.00. The molecule has 5 aromatic rings. The number of rotatable bonds is 12. The highest BCUT2D eigenvalue weighted by Gasteiger charge is 2.22. The number of fused-ring (bicyclic) bond motifs is 3. The van der Waals surface area contributed by atoms with Gasteiger partial charge in [0.15, 0.2) is 0 Å². The van der Waals surface area contributed by atoms with Crippen molar-refractivity contribution in [3.05, 3.63) is 96.3 Å². The van der Waals surface area contributed by atoms with Crippen molar-refractivity contribution in [2.45, 2.75) is 40.3 Å². The van der Waals surface area contributed by atoms with Gasteiger partial charge in [-0.15, -0.1) is 0 Å². The fourth-order valence-corrected chi connectivity index (χ4v) is 5.01. The Labute approximate surface area is 235 Å². The van der Waals surface area contributed by atoms with E-state index in [0.29, 0.717) is 37.8 Å². The Morgan fingerprint density at radius 1 is 0.500 bits per heavy atom. The first kappa shape index (κ1) is 27.9. The summed E-state index contributed by atoms with van der Waals surface area (Å²) in [6.45, 7) is 9.86. The summed E-state index contributed by atoms with van der Waals surface area (Å²) in [6, 6.07) is 29.1. The van der Waals surface area contributed by atoms with Crippen LogP contribution in [0.5, 0.6) is 0 Å². The number of ether oxygens (including phenoxy) is 4. The maximum Gasteiger partial charge on any atom is 0.201 e. The SMILES string of the molecule is CCOC(OCC)c1cc(-c2ccccc2)c2ccc3c(-c4ccccc4)cc(C(OCC)OCC)nc3c2n1. The molecule has 0 spiro atoms. The second kappa shape index (κ2) is 13.1. The highest BCUT2D eigenvalue weighted by atomic mass is 16.7. The maximum atomic E-state index is 5.99. The first-order chi connectivity index (χ1) is 19.7. The summed E-state index contributed by atoms with van der Waals surface area (Å²) >= 11 is 0. The number of nitrogens with zero attached hydrogens (tertiary/aromatic N) is 2. The lowest BCUT2D eigenvalue weighted by atomic mass is 9.95. The minimum atomic E-state index is -0.589. The average molecular weight is 537 g/mol. The van der Waals surface area contributed by atoms with Crippen LogP contribution < -0.4 is 0 Å². The Bertz CT molecular complexity index is 1430. The van der Waals surface area contributed by atoms with Crippen molar-refractivity contribution in [2.75, 3.05) is 26.4 Å². The van der Waals surface area contributed by atoms with Crippen LogP contribution in [-0.4, -0.2) is 36.4 Å². The van der Waals surface area contributed by atoms with Gasteiger partial charge >= 0.3 is 0 Å². The zero-order valence-corrected chi connectivity index (χ0v) is 23.6. The average Bonchev–Trinajstić information content (AvgIpc) is 3.00. The van der Waals surface area contributed by atoms with Crippen molar-refractivity contribution < 1.29 is 18.9 Å². The Balaban J connectivity index is 1.87. The van der Waals surface area contributed by atoms with E-state index in [4.69, 9.17) is 28.9 Å². The van der Waals surface area contributed by atoms with Gasteiger partial charge in [-0.1, -0.05) is 72.8 Å². The molecule has 6 nitrogen and oxygen atoms in total. The molecule has 0 unspecified atom stereocenters. The topological polar surface area (TPSA) is 62.7 Å². The van der Waals surface area contributed by atoms with Gasteiger partial charge in [0.25, 0.3) is 0 Å². The Kier molecular flexibility index (Phi) is 9.14. The van der Waals surface area contributed by atoms with E-state index in [1.807, 2.05) is 64.1 Å². The van der Waals surface area contributed by atoms with Crippen LogP contribution >= 0.6 is 0 Å². The second-order valence-corrected chi connectivity index (χ2v) is 9.26. The second-order valence-electron chi connectivity index (χ2n) is 9.26. The van der Waals surface area contributed by atoms with Gasteiger partial charge in [-0.3, -0.25) is 0 Å². The molecule has 5 rings (SSSR count). The first-order valence-electron chi connectivity index (χ1n) is 14.0. The molecule has 2 aromatic heterocycles. The minimum absolute atomic E-state index is 0.505. The quantitative estimate of drug-likeness (QED) is 0.118. The molecule has 206 valence electrons. The Hall–Kier alpha value is -3.68. The molecular weight excluding hydrogens is 500 g/mol. The molecule has 3 aromatic carbocycles. The highest BCUT2D eigenvalue weighted by Crippen LogP contribution is 2.38. The van der Waals surface area contributed by atoms with Gasteiger partial charge in [0.1, 0.15) is 0 Å². The molecule has 0 aliphatic rings. The van der Waals surface area contributed by atoms with Gasteiger partial charge in [0.2, 0.25) is 12.6 Å². The van der Waals surface area contributed by atoms with Crippen LogP contribution in [0.15, 0.2) is 84.9 Å². The van der Waals surface area contributed by atoms with Crippen LogP contribution in [-0.2, 0) is 18.9 Å². The van der Waals surface area contributed by atoms with Gasteiger partial charge in [0.05, 0.1) is 22.4 Å². The number of pyridine rings is 2. The molecule has 0 atom stereocenters. The summed E-state index contributed by atoms with van der Waals surface area (Å²) < 4.78 is 24.0. The summed E-state index contributed by atoms with van der Waals surface area (Å²) in [7, 11) is 0. The molecule has 6 heteroatoms. The molecule has 40 heavy (non-hydrogen) atoms. The lowest BCUT2D eigenvalue weighted by molar-refractivity contribution is -0.142. The Morgan fingerprint density at radius 2 is 0.850 bits per heavy atom. The molecule has 0 saturated heterocycles. The normalized spacial score (nSPS) is 11.8. The highest BCUT2D eigenvalue weighted by molar-refractivity contribution is 6.12. The van der Waals surface area contributed by atoms with Crippen molar-refractivity contribution in [2.24, 2.45) is 0 Å². The van der Waals surface area contributed by atoms with E-state index in [9.17, 15) is 0 Å². The molecule has 0 aliphatic heterocycles. The van der Waals surface area contributed by atoms with Crippen LogP contribution in [0.2, 0.25) is 0 Å². The van der Waals surface area contributed by atoms with Crippen LogP contribution in [0.3, 0.4) is 0 Å². The van der Waals surface area contributed by atoms with Crippen molar-refractivity contribution in [3.8, 4) is 22.3 Å². The van der Waals surface area contributed by atoms with Crippen LogP contribution in [0.25, 0.3) is 44.1 Å². The van der Waals surface area contributed by atoms with Crippen molar-refractivity contribution in [1.29, 1.82) is 0 Å². The van der Waals surface area contributed by atoms with E-state index in [2.05, 4.69) is 48.5 Å².